The maximum atomic E-state index is 13.7. The molecule has 36 heavy (non-hydrogen) atoms. The van der Waals surface area contributed by atoms with E-state index < -0.39 is 17.7 Å². The number of anilines is 1. The number of hydrogen-bond acceptors (Lipinski definition) is 4. The first-order valence-electron chi connectivity index (χ1n) is 12.1. The molecule has 0 saturated heterocycles. The third-order valence-electron chi connectivity index (χ3n) is 5.58. The van der Waals surface area contributed by atoms with Crippen molar-refractivity contribution in [2.75, 3.05) is 18.4 Å². The number of fused-ring (bicyclic) bond motifs is 1. The van der Waals surface area contributed by atoms with E-state index in [1.165, 1.54) is 4.90 Å². The van der Waals surface area contributed by atoms with Crippen molar-refractivity contribution in [3.05, 3.63) is 77.4 Å². The van der Waals surface area contributed by atoms with E-state index in [9.17, 15) is 14.4 Å². The van der Waals surface area contributed by atoms with Crippen molar-refractivity contribution in [1.82, 2.24) is 10.2 Å². The van der Waals surface area contributed by atoms with E-state index in [1.807, 2.05) is 81.4 Å². The van der Waals surface area contributed by atoms with Crippen LogP contribution < -0.4 is 10.6 Å². The third kappa shape index (κ3) is 7.07. The summed E-state index contributed by atoms with van der Waals surface area (Å²) in [5, 5.41) is 7.57. The van der Waals surface area contributed by atoms with Crippen molar-refractivity contribution in [3.8, 4) is 0 Å². The van der Waals surface area contributed by atoms with Gasteiger partial charge in [-0.3, -0.25) is 9.59 Å². The Morgan fingerprint density at radius 3 is 2.17 bits per heavy atom. The van der Waals surface area contributed by atoms with Crippen LogP contribution in [0.1, 0.15) is 50.4 Å². The Labute approximate surface area is 212 Å². The highest BCUT2D eigenvalue weighted by Gasteiger charge is 2.31. The van der Waals surface area contributed by atoms with Gasteiger partial charge in [0.2, 0.25) is 5.91 Å². The summed E-state index contributed by atoms with van der Waals surface area (Å²) in [6.45, 7) is 11.0. The van der Waals surface area contributed by atoms with E-state index in [4.69, 9.17) is 4.74 Å². The molecule has 0 saturated carbocycles. The zero-order valence-electron chi connectivity index (χ0n) is 21.8. The topological polar surface area (TPSA) is 87.7 Å². The normalized spacial score (nSPS) is 12.1. The molecule has 0 bridgehead atoms. The molecule has 0 heterocycles. The Bertz CT molecular complexity index is 1240. The fourth-order valence-electron chi connectivity index (χ4n) is 4.18. The number of benzene rings is 3. The monoisotopic (exact) mass is 489 g/mol. The number of likely N-dealkylation sites (N-methyl/N-ethyl adjacent to an activating group) is 1. The molecule has 1 atom stereocenters. The summed E-state index contributed by atoms with van der Waals surface area (Å²) in [5.41, 5.74) is 2.65. The summed E-state index contributed by atoms with van der Waals surface area (Å²) in [6.07, 6.45) is -0.685. The van der Waals surface area contributed by atoms with Crippen LogP contribution in [0.5, 0.6) is 0 Å². The number of ether oxygens (including phenoxy) is 1. The van der Waals surface area contributed by atoms with Crippen molar-refractivity contribution in [3.63, 3.8) is 0 Å². The van der Waals surface area contributed by atoms with Gasteiger partial charge in [0, 0.05) is 12.2 Å². The Morgan fingerprint density at radius 2 is 1.56 bits per heavy atom. The molecular formula is C29H35N3O4. The Hall–Kier alpha value is -3.87. The maximum Gasteiger partial charge on any atom is 0.408 e. The van der Waals surface area contributed by atoms with E-state index in [0.717, 1.165) is 21.9 Å². The summed E-state index contributed by atoms with van der Waals surface area (Å²) in [6, 6.07) is 18.6. The number of carbonyl (C=O) groups excluding carboxylic acids is 3. The molecule has 3 aromatic carbocycles. The fourth-order valence-corrected chi connectivity index (χ4v) is 4.18. The molecule has 190 valence electrons. The quantitative estimate of drug-likeness (QED) is 0.458. The van der Waals surface area contributed by atoms with Gasteiger partial charge in [0.05, 0.1) is 0 Å². The molecule has 0 aliphatic rings. The number of hydrogen-bond donors (Lipinski definition) is 2. The third-order valence-corrected chi connectivity index (χ3v) is 5.58. The number of rotatable bonds is 7. The number of nitrogens with zero attached hydrogens (tertiary/aromatic N) is 1. The predicted octanol–water partition coefficient (Wildman–Crippen LogP) is 5.51. The average molecular weight is 490 g/mol. The molecule has 7 heteroatoms. The standard InChI is InChI=1S/C29H35N3O4/c1-7-32(25(33)18-30-28(35)36-29(4,5)6)26(23-15-19(2)14-20(3)16-23)27(34)31-24-13-12-21-10-8-9-11-22(21)17-24/h8-17,26H,7,18H2,1-6H3,(H,30,35)(H,31,34). The van der Waals surface area contributed by atoms with Gasteiger partial charge in [0.25, 0.3) is 5.91 Å². The molecular weight excluding hydrogens is 454 g/mol. The van der Waals surface area contributed by atoms with Crippen LogP contribution >= 0.6 is 0 Å². The van der Waals surface area contributed by atoms with Crippen molar-refractivity contribution in [2.45, 2.75) is 53.2 Å². The highest BCUT2D eigenvalue weighted by Crippen LogP contribution is 2.26. The molecule has 3 amide bonds. The van der Waals surface area contributed by atoms with Crippen LogP contribution in [0.3, 0.4) is 0 Å². The SMILES string of the molecule is CCN(C(=O)CNC(=O)OC(C)(C)C)C(C(=O)Nc1ccc2ccccc2c1)c1cc(C)cc(C)c1. The van der Waals surface area contributed by atoms with Gasteiger partial charge in [0.15, 0.2) is 0 Å². The molecule has 0 aliphatic carbocycles. The van der Waals surface area contributed by atoms with Crippen LogP contribution in [0.15, 0.2) is 60.7 Å². The first-order valence-corrected chi connectivity index (χ1v) is 12.1. The van der Waals surface area contributed by atoms with Gasteiger partial charge in [-0.15, -0.1) is 0 Å². The fraction of sp³-hybridized carbons (Fsp3) is 0.345. The van der Waals surface area contributed by atoms with Crippen LogP contribution in [0.2, 0.25) is 0 Å². The zero-order chi connectivity index (χ0) is 26.5. The molecule has 3 rings (SSSR count). The number of amides is 3. The second kappa shape index (κ2) is 11.2. The van der Waals surface area contributed by atoms with Crippen molar-refractivity contribution in [1.29, 1.82) is 0 Å². The second-order valence-corrected chi connectivity index (χ2v) is 9.91. The molecule has 0 radical (unpaired) electrons. The van der Waals surface area contributed by atoms with E-state index >= 15 is 0 Å². The lowest BCUT2D eigenvalue weighted by Gasteiger charge is -2.31. The van der Waals surface area contributed by atoms with Gasteiger partial charge in [0.1, 0.15) is 18.2 Å². The van der Waals surface area contributed by atoms with E-state index in [-0.39, 0.29) is 24.9 Å². The van der Waals surface area contributed by atoms with Gasteiger partial charge >= 0.3 is 6.09 Å². The van der Waals surface area contributed by atoms with E-state index in [2.05, 4.69) is 10.6 Å². The van der Waals surface area contributed by atoms with Crippen LogP contribution in [-0.2, 0) is 14.3 Å². The highest BCUT2D eigenvalue weighted by atomic mass is 16.6. The molecule has 7 nitrogen and oxygen atoms in total. The number of aryl methyl sites for hydroxylation is 2. The average Bonchev–Trinajstić information content (AvgIpc) is 2.79. The van der Waals surface area contributed by atoms with Crippen LogP contribution in [-0.4, -0.2) is 41.5 Å². The minimum atomic E-state index is -0.881. The highest BCUT2D eigenvalue weighted by molar-refractivity contribution is 6.00. The van der Waals surface area contributed by atoms with Gasteiger partial charge < -0.3 is 20.3 Å². The Balaban J connectivity index is 1.89. The lowest BCUT2D eigenvalue weighted by atomic mass is 9.99. The molecule has 3 aromatic rings. The van der Waals surface area contributed by atoms with Crippen molar-refractivity contribution in [2.24, 2.45) is 0 Å². The minimum absolute atomic E-state index is 0.275. The van der Waals surface area contributed by atoms with Gasteiger partial charge in [-0.25, -0.2) is 4.79 Å². The van der Waals surface area contributed by atoms with Gasteiger partial charge in [-0.05, 0) is 70.0 Å². The van der Waals surface area contributed by atoms with Crippen LogP contribution in [0, 0.1) is 13.8 Å². The number of carbonyl (C=O) groups is 3. The van der Waals surface area contributed by atoms with Gasteiger partial charge in [-0.2, -0.15) is 0 Å². The molecule has 0 fully saturated rings. The molecule has 1 unspecified atom stereocenters. The largest absolute Gasteiger partial charge is 0.444 e. The summed E-state index contributed by atoms with van der Waals surface area (Å²) in [5.74, 6) is -0.719. The van der Waals surface area contributed by atoms with Crippen molar-refractivity contribution >= 4 is 34.4 Å². The Morgan fingerprint density at radius 1 is 0.917 bits per heavy atom. The predicted molar refractivity (Wildman–Crippen MR) is 143 cm³/mol. The zero-order valence-corrected chi connectivity index (χ0v) is 21.8. The van der Waals surface area contributed by atoms with Crippen LogP contribution in [0.25, 0.3) is 10.8 Å². The first kappa shape index (κ1) is 26.7. The Kier molecular flexibility index (Phi) is 8.35. The van der Waals surface area contributed by atoms with Crippen LogP contribution in [0.4, 0.5) is 10.5 Å². The molecule has 0 aliphatic heterocycles. The maximum absolute atomic E-state index is 13.7. The molecule has 0 spiro atoms. The number of alkyl carbamates (subject to hydrolysis) is 1. The van der Waals surface area contributed by atoms with Crippen molar-refractivity contribution < 1.29 is 19.1 Å². The smallest absolute Gasteiger partial charge is 0.408 e. The summed E-state index contributed by atoms with van der Waals surface area (Å²) >= 11 is 0. The first-order chi connectivity index (χ1) is 17.0. The lowest BCUT2D eigenvalue weighted by molar-refractivity contribution is -0.138. The number of nitrogens with one attached hydrogen (secondary N) is 2. The van der Waals surface area contributed by atoms with E-state index in [1.54, 1.807) is 20.8 Å². The second-order valence-electron chi connectivity index (χ2n) is 9.91. The molecule has 2 N–H and O–H groups in total. The summed E-state index contributed by atoms with van der Waals surface area (Å²) in [7, 11) is 0. The molecule has 0 aromatic heterocycles. The summed E-state index contributed by atoms with van der Waals surface area (Å²) in [4.78, 5) is 40.5. The van der Waals surface area contributed by atoms with E-state index in [0.29, 0.717) is 11.3 Å². The minimum Gasteiger partial charge on any atom is -0.444 e. The van der Waals surface area contributed by atoms with Gasteiger partial charge in [-0.1, -0.05) is 59.7 Å². The summed E-state index contributed by atoms with van der Waals surface area (Å²) < 4.78 is 5.24. The lowest BCUT2D eigenvalue weighted by Crippen LogP contribution is -2.46.